The first-order valence-electron chi connectivity index (χ1n) is 14.3. The van der Waals surface area contributed by atoms with E-state index in [2.05, 4.69) is 6.92 Å². The van der Waals surface area contributed by atoms with Gasteiger partial charge in [0.1, 0.15) is 25.9 Å². The summed E-state index contributed by atoms with van der Waals surface area (Å²) in [5.74, 6) is -0.408. The molecule has 0 aromatic heterocycles. The van der Waals surface area contributed by atoms with Crippen LogP contribution in [-0.4, -0.2) is 69.2 Å². The van der Waals surface area contributed by atoms with Crippen molar-refractivity contribution in [2.24, 2.45) is 0 Å². The fourth-order valence-corrected chi connectivity index (χ4v) is 4.69. The van der Waals surface area contributed by atoms with Crippen LogP contribution in [0.1, 0.15) is 116 Å². The molecule has 0 amide bonds. The van der Waals surface area contributed by atoms with Gasteiger partial charge in [0.2, 0.25) is 0 Å². The van der Waals surface area contributed by atoms with E-state index in [-0.39, 0.29) is 19.6 Å². The molecule has 36 heavy (non-hydrogen) atoms. The van der Waals surface area contributed by atoms with Crippen molar-refractivity contribution in [1.29, 1.82) is 0 Å². The van der Waals surface area contributed by atoms with Gasteiger partial charge in [-0.25, -0.2) is 0 Å². The summed E-state index contributed by atoms with van der Waals surface area (Å²) in [6.07, 6.45) is 19.4. The Bertz CT molecular complexity index is 569. The molecule has 0 aliphatic heterocycles. The molecular formula is C27H56NO7P. The molecule has 0 aromatic carbocycles. The minimum atomic E-state index is -4.58. The van der Waals surface area contributed by atoms with Gasteiger partial charge in [-0.2, -0.15) is 0 Å². The molecule has 216 valence electrons. The molecule has 0 saturated heterocycles. The second kappa shape index (κ2) is 22.5. The maximum Gasteiger partial charge on any atom is 0.305 e. The Labute approximate surface area is 221 Å². The van der Waals surface area contributed by atoms with Crippen LogP contribution in [0.15, 0.2) is 0 Å². The topological polar surface area (TPSA) is 105 Å². The number of aliphatic hydroxyl groups excluding tert-OH is 1. The van der Waals surface area contributed by atoms with Crippen molar-refractivity contribution in [1.82, 2.24) is 0 Å². The second-order valence-electron chi connectivity index (χ2n) is 10.9. The molecular weight excluding hydrogens is 481 g/mol. The van der Waals surface area contributed by atoms with Gasteiger partial charge in [-0.3, -0.25) is 9.36 Å². The van der Waals surface area contributed by atoms with Crippen LogP contribution in [0.25, 0.3) is 0 Å². The lowest BCUT2D eigenvalue weighted by atomic mass is 10.0. The van der Waals surface area contributed by atoms with Gasteiger partial charge in [0.15, 0.2) is 0 Å². The molecule has 9 heteroatoms. The molecule has 0 heterocycles. The number of hydrogen-bond donors (Lipinski definition) is 1. The van der Waals surface area contributed by atoms with Crippen LogP contribution in [-0.2, 0) is 23.1 Å². The van der Waals surface area contributed by atoms with E-state index in [1.54, 1.807) is 0 Å². The van der Waals surface area contributed by atoms with E-state index in [0.717, 1.165) is 19.3 Å². The monoisotopic (exact) mass is 537 g/mol. The predicted octanol–water partition coefficient (Wildman–Crippen LogP) is 5.75. The van der Waals surface area contributed by atoms with Crippen molar-refractivity contribution in [2.75, 3.05) is 47.5 Å². The molecule has 2 atom stereocenters. The highest BCUT2D eigenvalue weighted by molar-refractivity contribution is 7.45. The Morgan fingerprint density at radius 2 is 1.28 bits per heavy atom. The highest BCUT2D eigenvalue weighted by Crippen LogP contribution is 2.39. The van der Waals surface area contributed by atoms with E-state index in [1.807, 2.05) is 21.1 Å². The molecule has 0 bridgehead atoms. The number of nitrogens with zero attached hydrogens (tertiary/aromatic N) is 1. The number of aliphatic hydroxyl groups is 1. The van der Waals surface area contributed by atoms with Crippen LogP contribution >= 0.6 is 7.82 Å². The number of unbranched alkanes of at least 4 members (excludes halogenated alkanes) is 15. The second-order valence-corrected chi connectivity index (χ2v) is 12.3. The molecule has 0 rings (SSSR count). The fourth-order valence-electron chi connectivity index (χ4n) is 3.83. The molecule has 0 aliphatic carbocycles. The summed E-state index contributed by atoms with van der Waals surface area (Å²) in [5.41, 5.74) is 0. The average Bonchev–Trinajstić information content (AvgIpc) is 2.80. The average molecular weight is 538 g/mol. The van der Waals surface area contributed by atoms with Crippen LogP contribution in [0.2, 0.25) is 0 Å². The number of carbonyl (C=O) groups excluding carboxylic acids is 1. The zero-order valence-electron chi connectivity index (χ0n) is 23.7. The molecule has 0 aliphatic rings. The molecule has 8 nitrogen and oxygen atoms in total. The maximum atomic E-state index is 11.9. The Balaban J connectivity index is 3.63. The molecule has 1 unspecified atom stereocenters. The summed E-state index contributed by atoms with van der Waals surface area (Å²) >= 11 is 0. The third-order valence-corrected chi connectivity index (χ3v) is 7.21. The number of ether oxygens (including phenoxy) is 1. The molecule has 0 spiro atoms. The van der Waals surface area contributed by atoms with Crippen molar-refractivity contribution < 1.29 is 37.6 Å². The largest absolute Gasteiger partial charge is 0.756 e. The lowest BCUT2D eigenvalue weighted by Gasteiger charge is -2.29. The first-order chi connectivity index (χ1) is 17.1. The van der Waals surface area contributed by atoms with Gasteiger partial charge in [0, 0.05) is 6.42 Å². The van der Waals surface area contributed by atoms with Gasteiger partial charge < -0.3 is 28.3 Å². The van der Waals surface area contributed by atoms with Crippen molar-refractivity contribution >= 4 is 13.8 Å². The summed E-state index contributed by atoms with van der Waals surface area (Å²) in [7, 11) is 1.16. The van der Waals surface area contributed by atoms with Crippen molar-refractivity contribution in [3.63, 3.8) is 0 Å². The quantitative estimate of drug-likeness (QED) is 0.0648. The third-order valence-electron chi connectivity index (χ3n) is 6.16. The molecule has 1 N–H and O–H groups in total. The van der Waals surface area contributed by atoms with Crippen LogP contribution in [0.4, 0.5) is 0 Å². The van der Waals surface area contributed by atoms with Crippen LogP contribution < -0.4 is 4.89 Å². The summed E-state index contributed by atoms with van der Waals surface area (Å²) < 4.78 is 27.2. The Hall–Kier alpha value is -0.500. The SMILES string of the molecule is CCCCCCCCCCCCCCCCCCC(=O)OC[C@H](CO)OP(=O)([O-])OCC[N+](C)(C)C. The third kappa shape index (κ3) is 25.2. The first-order valence-corrected chi connectivity index (χ1v) is 15.8. The Kier molecular flexibility index (Phi) is 22.2. The van der Waals surface area contributed by atoms with Crippen LogP contribution in [0, 0.1) is 0 Å². The fraction of sp³-hybridized carbons (Fsp3) is 0.963. The lowest BCUT2D eigenvalue weighted by molar-refractivity contribution is -0.870. The van der Waals surface area contributed by atoms with Crippen molar-refractivity contribution in [3.05, 3.63) is 0 Å². The highest BCUT2D eigenvalue weighted by atomic mass is 31.2. The summed E-state index contributed by atoms with van der Waals surface area (Å²) in [4.78, 5) is 23.8. The van der Waals surface area contributed by atoms with Crippen LogP contribution in [0.5, 0.6) is 0 Å². The molecule has 0 fully saturated rings. The van der Waals surface area contributed by atoms with E-state index in [0.29, 0.717) is 11.0 Å². The number of likely N-dealkylation sites (N-methyl/N-ethyl adjacent to an activating group) is 1. The standard InChI is InChI=1S/C27H56NO7P/c1-5-6-7-8-9-10-11-12-13-14-15-16-17-18-19-20-21-27(30)33-25-26(24-29)35-36(31,32)34-23-22-28(2,3)4/h26,29H,5-25H2,1-4H3/t26-/m0/s1. The number of carbonyl (C=O) groups is 1. The van der Waals surface area contributed by atoms with Crippen LogP contribution in [0.3, 0.4) is 0 Å². The number of rotatable bonds is 26. The molecule has 0 radical (unpaired) electrons. The van der Waals surface area contributed by atoms with E-state index in [1.165, 1.54) is 83.5 Å². The minimum Gasteiger partial charge on any atom is -0.756 e. The van der Waals surface area contributed by atoms with E-state index in [4.69, 9.17) is 13.8 Å². The van der Waals surface area contributed by atoms with Gasteiger partial charge in [-0.15, -0.1) is 0 Å². The van der Waals surface area contributed by atoms with Gasteiger partial charge in [-0.05, 0) is 6.42 Å². The smallest absolute Gasteiger partial charge is 0.305 e. The zero-order chi connectivity index (χ0) is 27.1. The lowest BCUT2D eigenvalue weighted by Crippen LogP contribution is -2.38. The minimum absolute atomic E-state index is 0.0263. The highest BCUT2D eigenvalue weighted by Gasteiger charge is 2.20. The maximum absolute atomic E-state index is 11.9. The summed E-state index contributed by atoms with van der Waals surface area (Å²) in [5, 5.41) is 9.35. The first kappa shape index (κ1) is 35.5. The number of phosphoric acid groups is 1. The van der Waals surface area contributed by atoms with E-state index >= 15 is 0 Å². The number of esters is 1. The zero-order valence-corrected chi connectivity index (χ0v) is 24.6. The molecule has 0 aromatic rings. The van der Waals surface area contributed by atoms with Gasteiger partial charge in [-0.1, -0.05) is 103 Å². The van der Waals surface area contributed by atoms with E-state index in [9.17, 15) is 19.4 Å². The van der Waals surface area contributed by atoms with Gasteiger partial charge in [0.05, 0.1) is 27.7 Å². The summed E-state index contributed by atoms with van der Waals surface area (Å²) in [6.45, 7) is 1.81. The van der Waals surface area contributed by atoms with Gasteiger partial charge >= 0.3 is 5.97 Å². The number of hydrogen-bond acceptors (Lipinski definition) is 7. The van der Waals surface area contributed by atoms with E-state index < -0.39 is 26.5 Å². The number of phosphoric ester groups is 1. The van der Waals surface area contributed by atoms with Crippen molar-refractivity contribution in [2.45, 2.75) is 122 Å². The Morgan fingerprint density at radius 3 is 1.69 bits per heavy atom. The summed E-state index contributed by atoms with van der Waals surface area (Å²) in [6, 6.07) is 0. The predicted molar refractivity (Wildman–Crippen MR) is 144 cm³/mol. The van der Waals surface area contributed by atoms with Crippen molar-refractivity contribution in [3.8, 4) is 0 Å². The Morgan fingerprint density at radius 1 is 0.833 bits per heavy atom. The van der Waals surface area contributed by atoms with Gasteiger partial charge in [0.25, 0.3) is 7.82 Å². The molecule has 0 saturated carbocycles. The normalized spacial score (nSPS) is 14.5. The number of quaternary nitrogens is 1.